The van der Waals surface area contributed by atoms with Gasteiger partial charge in [0.2, 0.25) is 0 Å². The number of aliphatic hydroxyl groups excluding tert-OH is 1. The van der Waals surface area contributed by atoms with Crippen molar-refractivity contribution in [1.29, 1.82) is 0 Å². The van der Waals surface area contributed by atoms with Gasteiger partial charge >= 0.3 is 99.7 Å². The Hall–Kier alpha value is -9.38. The second-order valence-electron chi connectivity index (χ2n) is 30.3. The Labute approximate surface area is 784 Å². The van der Waals surface area contributed by atoms with Crippen LogP contribution in [0.5, 0.6) is 0 Å². The molecule has 5 aliphatic rings. The zero-order valence-electron chi connectivity index (χ0n) is 75.0. The van der Waals surface area contributed by atoms with E-state index in [0.29, 0.717) is 0 Å². The molecule has 52 nitrogen and oxygen atoms in total. The number of fused-ring (bicyclic) bond motifs is 1. The van der Waals surface area contributed by atoms with E-state index in [1.54, 1.807) is 62.3 Å². The Balaban J connectivity index is 0.000000875. The molecule has 0 aliphatic carbocycles. The molecule has 9 heterocycles. The van der Waals surface area contributed by atoms with Crippen LogP contribution in [0.3, 0.4) is 0 Å². The summed E-state index contributed by atoms with van der Waals surface area (Å²) < 4.78 is 196. The molecule has 772 valence electrons. The lowest BCUT2D eigenvalue weighted by Crippen LogP contribution is -2.46. The molecule has 7 unspecified atom stereocenters. The molecule has 19 atom stereocenters. The van der Waals surface area contributed by atoms with Gasteiger partial charge in [-0.3, -0.25) is 114 Å². The first-order valence-electron chi connectivity index (χ1n) is 40.3. The molecule has 9 rings (SSSR count). The lowest BCUT2D eigenvalue weighted by Gasteiger charge is -2.27. The van der Waals surface area contributed by atoms with E-state index in [-0.39, 0.29) is 41.8 Å². The van der Waals surface area contributed by atoms with E-state index in [1.807, 2.05) is 30.1 Å². The normalized spacial score (nSPS) is 26.9. The second-order valence-corrected chi connectivity index (χ2v) is 40.1. The number of hydrogen-bond acceptors (Lipinski definition) is 37. The summed E-state index contributed by atoms with van der Waals surface area (Å²) in [5.74, 6) is -9.62. The molecule has 5 saturated heterocycles. The van der Waals surface area contributed by atoms with Crippen LogP contribution in [0.2, 0.25) is 0 Å². The highest BCUT2D eigenvalue weighted by molar-refractivity contribution is 8.07. The summed E-state index contributed by atoms with van der Waals surface area (Å²) >= 11 is 10.2. The number of H-pyrrole nitrogens is 4. The molecule has 0 saturated carbocycles. The first kappa shape index (κ1) is 121. The predicted octanol–water partition coefficient (Wildman–Crippen LogP) is 1.53. The minimum Gasteiger partial charge on any atom is -0.462 e. The van der Waals surface area contributed by atoms with Gasteiger partial charge in [0.1, 0.15) is 58.5 Å². The van der Waals surface area contributed by atoms with Crippen LogP contribution in [-0.2, 0) is 127 Å². The number of aromatic nitrogens is 8. The van der Waals surface area contributed by atoms with Gasteiger partial charge in [-0.05, 0) is 106 Å². The molecular formula is C74H116Cl2F4N14O38P4. The summed E-state index contributed by atoms with van der Waals surface area (Å²) in [7, 11) is -13.1. The number of esters is 8. The van der Waals surface area contributed by atoms with Crippen molar-refractivity contribution in [2.24, 2.45) is 5.73 Å². The zero-order chi connectivity index (χ0) is 103. The van der Waals surface area contributed by atoms with Crippen LogP contribution in [-0.4, -0.2) is 262 Å². The van der Waals surface area contributed by atoms with E-state index in [9.17, 15) is 110 Å². The molecule has 4 aromatic rings. The predicted molar refractivity (Wildman–Crippen MR) is 470 cm³/mol. The number of carbonyl (C=O) groups is 8. The van der Waals surface area contributed by atoms with E-state index in [2.05, 4.69) is 21.7 Å². The Morgan fingerprint density at radius 1 is 0.544 bits per heavy atom. The number of nitrogens with one attached hydrogen (secondary N) is 9. The largest absolute Gasteiger partial charge is 0.462 e. The monoisotopic (exact) mass is 2080 g/mol. The van der Waals surface area contributed by atoms with Crippen LogP contribution >= 0.6 is 51.6 Å². The molecule has 4 aromatic heterocycles. The van der Waals surface area contributed by atoms with Crippen LogP contribution in [0.4, 0.5) is 17.6 Å². The number of terminal acetylenes is 1. The number of aromatic amines is 4. The van der Waals surface area contributed by atoms with Crippen molar-refractivity contribution < 1.29 is 162 Å². The Morgan fingerprint density at radius 2 is 0.846 bits per heavy atom. The van der Waals surface area contributed by atoms with Gasteiger partial charge in [0.05, 0.1) is 57.4 Å². The van der Waals surface area contributed by atoms with Crippen molar-refractivity contribution in [2.45, 2.75) is 245 Å². The fourth-order valence-electron chi connectivity index (χ4n) is 12.2. The summed E-state index contributed by atoms with van der Waals surface area (Å²) in [6.45, 7) is 14.4. The van der Waals surface area contributed by atoms with Gasteiger partial charge in [-0.1, -0.05) is 28.7 Å². The maximum absolute atomic E-state index is 15.7. The summed E-state index contributed by atoms with van der Waals surface area (Å²) in [6, 6.07) is 3.97. The number of nitrogens with two attached hydrogens (primary N) is 1. The van der Waals surface area contributed by atoms with E-state index < -0.39 is 296 Å². The SMILES string of the molecule is C.C.CC(C)OC(=O)CNP(=O)(Cl)Cl.CC(C)OC(=O)CNP(=O)(O)OC[C@H]1O[C@@H](n2ccc(=O)[nH]c2=O)[C@](C)(F)C1OC(=O)CN.CC(C)OC(=O)CNP1(=O)NCC(=O)OC2[C@@H](CO1)O[C@@H](n1ccc(=O)[nH]c1=O)[C@]2(C)F.CCC(=O)OC1[C@@H](CO)O[C@@H](n2ccc(=O)[nH]c2=O)[C@]1(C)F.CCC(=O)OC1[C@@H](COP(=O)(O)NCC(=O)OC(C)C)O[C@@H](n2ccc(=O)[nH]c2=O)[C@]1(C)F.[2H]C#C.[HH]. The van der Waals surface area contributed by atoms with Crippen LogP contribution in [0.25, 0.3) is 0 Å². The lowest BCUT2D eigenvalue weighted by atomic mass is 9.98. The highest BCUT2D eigenvalue weighted by atomic mass is 35.9. The maximum atomic E-state index is 15.7. The van der Waals surface area contributed by atoms with E-state index in [1.165, 1.54) is 13.3 Å². The minimum absolute atomic E-state index is 0. The molecule has 0 aromatic carbocycles. The average Bonchev–Trinajstić information content (AvgIpc) is 1.61. The first-order valence-corrected chi connectivity index (χ1v) is 48.1. The van der Waals surface area contributed by atoms with Crippen molar-refractivity contribution in [2.75, 3.05) is 65.7 Å². The smallest absolute Gasteiger partial charge is 0.403 e. The van der Waals surface area contributed by atoms with Crippen molar-refractivity contribution >= 4 is 99.4 Å². The van der Waals surface area contributed by atoms with Gasteiger partial charge < -0.3 is 82.0 Å². The van der Waals surface area contributed by atoms with Gasteiger partial charge in [0.25, 0.3) is 22.2 Å². The lowest BCUT2D eigenvalue weighted by molar-refractivity contribution is -0.158. The number of hydrogen-bond donors (Lipinski definition) is 13. The number of ether oxygens (including phenoxy) is 12. The number of aliphatic hydroxyl groups is 1. The Bertz CT molecular complexity index is 5360. The van der Waals surface area contributed by atoms with Crippen LogP contribution in [0.1, 0.15) is 152 Å². The molecule has 136 heavy (non-hydrogen) atoms. The van der Waals surface area contributed by atoms with E-state index in [0.717, 1.165) is 95.0 Å². The maximum Gasteiger partial charge on any atom is 0.403 e. The van der Waals surface area contributed by atoms with Gasteiger partial charge in [-0.15, -0.1) is 12.8 Å². The number of nitrogens with zero attached hydrogens (tertiary/aromatic N) is 4. The molecule has 14 N–H and O–H groups in total. The standard InChI is InChI=1S/C18H27FN3O10P.C17H26FN4O10P.C17H24FN4O9P.C13H17FN2O6.C5H10Cl2NO3P.C2H2.2CH4.H2/c1-5-13(24)32-15-11(9-29-33(27,28)20-8-14(25)30-10(2)3)31-16(18(15,4)19)22-7-6-12(23)21-17(22)26;1-9(2)30-13(25)7-20-33(27,28)29-8-10-14(32-12(24)6-19)17(3,18)15(31-10)22-5-4-11(23)21-16(22)26;1-9(2)29-12(24)6-19-32(27)20-7-13(25)31-14-10(8-28-32)30-15(17(14,3)18)22-5-4-11(23)21-16(22)26;1-3-9(19)22-10-7(6-17)21-11(13(10,2)14)16-5-4-8(18)15-12(16)20;1-4(2)11-5(9)3-8-12(6,7)10;1-2;;;/h6-7,10-11,15-16H,5,8-9H2,1-4H3,(H2,20,27,28)(H,21,23,26);4-5,9-10,14-15H,6-8,19H2,1-3H3,(H2,20,27,28)(H,21,23,26);4-5,9-10,14-15H,6-8H2,1-3H3,(H2,19,20,27)(H,21,23,26);4-5,7,10-11,17H,3,6H2,1-2H3,(H,15,18,20);4H,3H2,1-2H3,(H,8,10);1-2H;2*1H4;1H/t11-,15?,16-,18-;10-,14?,15-,17-;10-,14?,15-,17-,32?;7-,10?,11-,13-;;;;;/m1111...../s1/i;;;;;1D;;;. The third-order valence-corrected chi connectivity index (χ3v) is 22.9. The molecule has 0 radical (unpaired) electrons. The zero-order valence-corrected chi connectivity index (χ0v) is 79.1. The van der Waals surface area contributed by atoms with Crippen molar-refractivity contribution in [3.63, 3.8) is 0 Å². The van der Waals surface area contributed by atoms with Gasteiger partial charge in [-0.2, -0.15) is 0 Å². The minimum atomic E-state index is -4.59. The highest BCUT2D eigenvalue weighted by Gasteiger charge is 2.63. The Morgan fingerprint density at radius 3 is 1.15 bits per heavy atom. The summed E-state index contributed by atoms with van der Waals surface area (Å²) in [5, 5.41) is 20.1. The molecule has 62 heteroatoms. The van der Waals surface area contributed by atoms with E-state index in [4.69, 9.17) is 100.0 Å². The fourth-order valence-corrected chi connectivity index (χ4v) is 15.7. The van der Waals surface area contributed by atoms with Crippen LogP contribution < -0.4 is 76.2 Å². The van der Waals surface area contributed by atoms with Crippen LogP contribution in [0.15, 0.2) is 87.4 Å². The second kappa shape index (κ2) is 53.7. The highest BCUT2D eigenvalue weighted by Crippen LogP contribution is 2.52. The first-order chi connectivity index (χ1) is 62.5. The van der Waals surface area contributed by atoms with Crippen molar-refractivity contribution in [1.82, 2.24) is 63.6 Å². The van der Waals surface area contributed by atoms with Gasteiger partial charge in [0, 0.05) is 63.3 Å². The molecule has 5 fully saturated rings. The molecule has 0 bridgehead atoms. The molecule has 0 spiro atoms. The van der Waals surface area contributed by atoms with Gasteiger partial charge in [-0.25, -0.2) is 71.3 Å². The number of rotatable bonds is 33. The van der Waals surface area contributed by atoms with E-state index >= 15 is 17.6 Å². The number of carbonyl (C=O) groups excluding carboxylic acids is 8. The summed E-state index contributed by atoms with van der Waals surface area (Å²) in [6.07, 6.45) is -9.48. The fraction of sp³-hybridized carbons (Fsp3) is 0.649. The summed E-state index contributed by atoms with van der Waals surface area (Å²) in [4.78, 5) is 214. The third-order valence-electron chi connectivity index (χ3n) is 17.9. The van der Waals surface area contributed by atoms with Crippen molar-refractivity contribution in [3.05, 3.63) is 132 Å². The van der Waals surface area contributed by atoms with Gasteiger partial charge in [0.15, 0.2) is 72.0 Å². The number of alkyl halides is 4. The average molecular weight is 2080 g/mol. The van der Waals surface area contributed by atoms with Crippen LogP contribution in [0, 0.1) is 12.8 Å². The summed E-state index contributed by atoms with van der Waals surface area (Å²) in [5.41, 5.74) is -11.0. The molecule has 5 aliphatic heterocycles. The quantitative estimate of drug-likeness (QED) is 0.0106. The Kier molecular flexibility index (Phi) is 47.7. The number of halogens is 6. The molecule has 0 amide bonds. The third kappa shape index (κ3) is 37.1. The molecular weight excluding hydrogens is 1960 g/mol. The topological polar surface area (TPSA) is 710 Å². The van der Waals surface area contributed by atoms with Crippen molar-refractivity contribution in [3.8, 4) is 12.8 Å².